The van der Waals surface area contributed by atoms with Crippen molar-refractivity contribution in [2.45, 2.75) is 0 Å². The first kappa shape index (κ1) is 9.28. The third-order valence-electron chi connectivity index (χ3n) is 1.10. The van der Waals surface area contributed by atoms with E-state index in [1.807, 2.05) is 6.08 Å². The van der Waals surface area contributed by atoms with Crippen LogP contribution < -0.4 is 0 Å². The number of carbonyl (C=O) groups is 1. The molecule has 0 saturated carbocycles. The minimum Gasteiger partial charge on any atom is -0.476 e. The molecule has 1 rings (SSSR count). The van der Waals surface area contributed by atoms with Gasteiger partial charge in [-0.2, -0.15) is 12.6 Å². The second-order valence-electron chi connectivity index (χ2n) is 1.97. The van der Waals surface area contributed by atoms with Crippen LogP contribution in [-0.2, 0) is 0 Å². The zero-order valence-corrected chi connectivity index (χ0v) is 7.81. The smallest absolute Gasteiger partial charge is 0.365 e. The van der Waals surface area contributed by atoms with E-state index in [0.717, 1.165) is 11.3 Å². The lowest BCUT2D eigenvalue weighted by Crippen LogP contribution is -1.93. The monoisotopic (exact) mass is 201 g/mol. The predicted octanol–water partition coefficient (Wildman–Crippen LogP) is 1.78. The van der Waals surface area contributed by atoms with E-state index in [1.54, 1.807) is 11.5 Å². The normalized spacial score (nSPS) is 10.8. The summed E-state index contributed by atoms with van der Waals surface area (Å²) in [6, 6.07) is 0. The molecule has 0 saturated heterocycles. The zero-order chi connectivity index (χ0) is 8.97. The van der Waals surface area contributed by atoms with Crippen molar-refractivity contribution < 1.29 is 9.90 Å². The Morgan fingerprint density at radius 1 is 1.83 bits per heavy atom. The van der Waals surface area contributed by atoms with E-state index in [4.69, 9.17) is 5.11 Å². The third-order valence-corrected chi connectivity index (χ3v) is 2.16. The van der Waals surface area contributed by atoms with Crippen molar-refractivity contribution in [2.75, 3.05) is 5.75 Å². The summed E-state index contributed by atoms with van der Waals surface area (Å²) >= 11 is 5.09. The minimum absolute atomic E-state index is 0.119. The molecular weight excluding hydrogens is 194 g/mol. The van der Waals surface area contributed by atoms with E-state index in [-0.39, 0.29) is 5.01 Å². The van der Waals surface area contributed by atoms with Crippen LogP contribution in [0, 0.1) is 0 Å². The molecule has 0 amide bonds. The molecule has 5 heteroatoms. The average Bonchev–Trinajstić information content (AvgIpc) is 2.48. The molecule has 1 aromatic rings. The molecule has 1 N–H and O–H groups in total. The van der Waals surface area contributed by atoms with E-state index < -0.39 is 5.97 Å². The van der Waals surface area contributed by atoms with Gasteiger partial charge in [-0.1, -0.05) is 6.08 Å². The van der Waals surface area contributed by atoms with Crippen molar-refractivity contribution in [3.63, 3.8) is 0 Å². The molecule has 0 aromatic carbocycles. The van der Waals surface area contributed by atoms with Gasteiger partial charge in [0.25, 0.3) is 0 Å². The largest absolute Gasteiger partial charge is 0.476 e. The highest BCUT2D eigenvalue weighted by Gasteiger charge is 2.06. The number of thiol groups is 1. The predicted molar refractivity (Wildman–Crippen MR) is 52.0 cm³/mol. The molecule has 0 aliphatic carbocycles. The van der Waals surface area contributed by atoms with Crippen LogP contribution in [0.1, 0.15) is 15.5 Å². The fourth-order valence-corrected chi connectivity index (χ4v) is 1.36. The fraction of sp³-hybridized carbons (Fsp3) is 0.143. The maximum Gasteiger partial charge on any atom is 0.365 e. The Morgan fingerprint density at radius 3 is 3.08 bits per heavy atom. The molecular formula is C7H7NO2S2. The van der Waals surface area contributed by atoms with Gasteiger partial charge in [0, 0.05) is 11.1 Å². The summed E-state index contributed by atoms with van der Waals surface area (Å²) in [5.41, 5.74) is 0.673. The number of thiazole rings is 1. The summed E-state index contributed by atoms with van der Waals surface area (Å²) in [4.78, 5) is 14.2. The van der Waals surface area contributed by atoms with Gasteiger partial charge in [-0.25, -0.2) is 9.78 Å². The maximum atomic E-state index is 10.4. The summed E-state index contributed by atoms with van der Waals surface area (Å²) in [5, 5.41) is 10.3. The van der Waals surface area contributed by atoms with Gasteiger partial charge >= 0.3 is 5.97 Å². The third kappa shape index (κ3) is 2.35. The van der Waals surface area contributed by atoms with Gasteiger partial charge in [-0.05, 0) is 6.08 Å². The molecule has 0 atom stereocenters. The van der Waals surface area contributed by atoms with E-state index in [2.05, 4.69) is 17.6 Å². The lowest BCUT2D eigenvalue weighted by molar-refractivity contribution is 0.0696. The number of carboxylic acid groups (broad SMARTS) is 1. The Morgan fingerprint density at radius 2 is 2.58 bits per heavy atom. The van der Waals surface area contributed by atoms with Crippen LogP contribution in [0.25, 0.3) is 6.08 Å². The molecule has 0 aliphatic heterocycles. The number of aromatic carboxylic acids is 1. The molecule has 12 heavy (non-hydrogen) atoms. The van der Waals surface area contributed by atoms with Gasteiger partial charge in [0.05, 0.1) is 5.69 Å². The van der Waals surface area contributed by atoms with Crippen LogP contribution in [0.15, 0.2) is 11.5 Å². The zero-order valence-electron chi connectivity index (χ0n) is 6.10. The second-order valence-corrected chi connectivity index (χ2v) is 3.19. The van der Waals surface area contributed by atoms with Gasteiger partial charge in [0.15, 0.2) is 0 Å². The number of hydrogen-bond acceptors (Lipinski definition) is 4. The van der Waals surface area contributed by atoms with Crippen LogP contribution in [0.2, 0.25) is 0 Å². The standard InChI is InChI=1S/C7H7NO2S2/c9-7(10)6-8-5(4-12-6)2-1-3-11/h1-2,4,11H,3H2,(H,9,10). The first-order chi connectivity index (χ1) is 5.74. The Balaban J connectivity index is 2.77. The fourth-order valence-electron chi connectivity index (χ4n) is 0.634. The molecule has 0 unspecified atom stereocenters. The summed E-state index contributed by atoms with van der Waals surface area (Å²) in [5.74, 6) is -0.356. The van der Waals surface area contributed by atoms with Crippen LogP contribution in [-0.4, -0.2) is 21.8 Å². The molecule has 64 valence electrons. The lowest BCUT2D eigenvalue weighted by Gasteiger charge is -1.81. The molecule has 3 nitrogen and oxygen atoms in total. The first-order valence-corrected chi connectivity index (χ1v) is 4.71. The summed E-state index contributed by atoms with van der Waals surface area (Å²) in [6.07, 6.45) is 3.56. The molecule has 0 aliphatic rings. The first-order valence-electron chi connectivity index (χ1n) is 3.20. The van der Waals surface area contributed by atoms with Gasteiger partial charge in [0.1, 0.15) is 0 Å². The van der Waals surface area contributed by atoms with Crippen LogP contribution in [0.4, 0.5) is 0 Å². The Kier molecular flexibility index (Phi) is 3.31. The van der Waals surface area contributed by atoms with Crippen molar-refractivity contribution in [1.29, 1.82) is 0 Å². The van der Waals surface area contributed by atoms with Crippen molar-refractivity contribution in [3.8, 4) is 0 Å². The SMILES string of the molecule is O=C(O)c1nc(C=CCS)cs1. The van der Waals surface area contributed by atoms with Gasteiger partial charge < -0.3 is 5.11 Å². The molecule has 0 spiro atoms. The lowest BCUT2D eigenvalue weighted by atomic mass is 10.4. The number of nitrogens with zero attached hydrogens (tertiary/aromatic N) is 1. The average molecular weight is 201 g/mol. The summed E-state index contributed by atoms with van der Waals surface area (Å²) in [7, 11) is 0. The highest BCUT2D eigenvalue weighted by molar-refractivity contribution is 7.80. The van der Waals surface area contributed by atoms with Crippen molar-refractivity contribution in [2.24, 2.45) is 0 Å². The van der Waals surface area contributed by atoms with Crippen molar-refractivity contribution in [1.82, 2.24) is 4.98 Å². The van der Waals surface area contributed by atoms with Gasteiger partial charge in [-0.3, -0.25) is 0 Å². The Hall–Kier alpha value is -0.810. The summed E-state index contributed by atoms with van der Waals surface area (Å²) in [6.45, 7) is 0. The van der Waals surface area contributed by atoms with Crippen LogP contribution >= 0.6 is 24.0 Å². The minimum atomic E-state index is -0.981. The Labute approximate surface area is 79.2 Å². The number of carboxylic acids is 1. The van der Waals surface area contributed by atoms with Crippen LogP contribution in [0.3, 0.4) is 0 Å². The van der Waals surface area contributed by atoms with Crippen LogP contribution in [0.5, 0.6) is 0 Å². The topological polar surface area (TPSA) is 50.2 Å². The quantitative estimate of drug-likeness (QED) is 0.733. The molecule has 0 bridgehead atoms. The highest BCUT2D eigenvalue weighted by atomic mass is 32.1. The number of hydrogen-bond donors (Lipinski definition) is 2. The van der Waals surface area contributed by atoms with E-state index >= 15 is 0 Å². The molecule has 0 fully saturated rings. The van der Waals surface area contributed by atoms with E-state index in [0.29, 0.717) is 11.4 Å². The Bertz CT molecular complexity index is 306. The second kappa shape index (κ2) is 4.27. The number of rotatable bonds is 3. The van der Waals surface area contributed by atoms with Gasteiger partial charge in [-0.15, -0.1) is 11.3 Å². The van der Waals surface area contributed by atoms with E-state index in [1.165, 1.54) is 0 Å². The molecule has 1 aromatic heterocycles. The summed E-state index contributed by atoms with van der Waals surface area (Å²) < 4.78 is 0. The van der Waals surface area contributed by atoms with Crippen molar-refractivity contribution >= 4 is 36.0 Å². The molecule has 0 radical (unpaired) electrons. The van der Waals surface area contributed by atoms with Crippen molar-refractivity contribution in [3.05, 3.63) is 22.2 Å². The molecule has 1 heterocycles. The maximum absolute atomic E-state index is 10.4. The van der Waals surface area contributed by atoms with Gasteiger partial charge in [0.2, 0.25) is 5.01 Å². The number of aromatic nitrogens is 1. The van der Waals surface area contributed by atoms with E-state index in [9.17, 15) is 4.79 Å². The highest BCUT2D eigenvalue weighted by Crippen LogP contribution is 2.10.